The molecule has 3 nitrogen and oxygen atoms in total. The van der Waals surface area contributed by atoms with Gasteiger partial charge >= 0.3 is 0 Å². The molecule has 5 saturated carbocycles. The maximum absolute atomic E-state index is 12.7. The molecular weight excluding hydrogens is 408 g/mol. The van der Waals surface area contributed by atoms with Gasteiger partial charge in [0.25, 0.3) is 0 Å². The molecule has 0 radical (unpaired) electrons. The zero-order chi connectivity index (χ0) is 24.2. The highest BCUT2D eigenvalue weighted by molar-refractivity contribution is 5.82. The summed E-state index contributed by atoms with van der Waals surface area (Å²) in [6, 6.07) is 0. The fourth-order valence-electron chi connectivity index (χ4n) is 11.3. The summed E-state index contributed by atoms with van der Waals surface area (Å²) in [4.78, 5) is 12.7. The van der Waals surface area contributed by atoms with Crippen molar-refractivity contribution >= 4 is 5.78 Å². The van der Waals surface area contributed by atoms with Gasteiger partial charge in [-0.3, -0.25) is 4.79 Å². The number of fused-ring (bicyclic) bond motifs is 7. The van der Waals surface area contributed by atoms with Crippen LogP contribution in [0.1, 0.15) is 113 Å². The van der Waals surface area contributed by atoms with Crippen molar-refractivity contribution in [1.82, 2.24) is 0 Å². The summed E-state index contributed by atoms with van der Waals surface area (Å²) in [5.41, 5.74) is 0.472. The van der Waals surface area contributed by atoms with E-state index in [-0.39, 0.29) is 51.1 Å². The summed E-state index contributed by atoms with van der Waals surface area (Å²) in [5.74, 6) is 2.27. The minimum Gasteiger partial charge on any atom is -0.396 e. The molecule has 0 spiro atoms. The molecule has 5 rings (SSSR count). The quantitative estimate of drug-likeness (QED) is 0.478. The lowest BCUT2D eigenvalue weighted by molar-refractivity contribution is -0.292. The van der Waals surface area contributed by atoms with Gasteiger partial charge in [-0.15, -0.1) is 0 Å². The van der Waals surface area contributed by atoms with E-state index in [4.69, 9.17) is 0 Å². The average molecular weight is 459 g/mol. The van der Waals surface area contributed by atoms with Gasteiger partial charge in [-0.05, 0) is 103 Å². The van der Waals surface area contributed by atoms with Gasteiger partial charge in [0.1, 0.15) is 5.78 Å². The summed E-state index contributed by atoms with van der Waals surface area (Å²) >= 11 is 0. The van der Waals surface area contributed by atoms with Gasteiger partial charge in [0, 0.05) is 24.4 Å². The fourth-order valence-corrected chi connectivity index (χ4v) is 11.3. The highest BCUT2D eigenvalue weighted by atomic mass is 16.3. The molecular formula is C30H50O3. The molecule has 0 aromatic heterocycles. The van der Waals surface area contributed by atoms with E-state index in [2.05, 4.69) is 48.5 Å². The summed E-state index contributed by atoms with van der Waals surface area (Å²) in [6.45, 7) is 17.2. The molecule has 11 atom stereocenters. The Kier molecular flexibility index (Phi) is 5.22. The highest BCUT2D eigenvalue weighted by Gasteiger charge is 2.73. The van der Waals surface area contributed by atoms with E-state index < -0.39 is 0 Å². The maximum Gasteiger partial charge on any atom is 0.136 e. The Bertz CT molecular complexity index is 838. The first-order valence-corrected chi connectivity index (χ1v) is 14.0. The third-order valence-corrected chi connectivity index (χ3v) is 14.0. The molecule has 0 aromatic rings. The average Bonchev–Trinajstić information content (AvgIpc) is 2.76. The summed E-state index contributed by atoms with van der Waals surface area (Å²) in [5, 5.41) is 22.3. The molecule has 2 N–H and O–H groups in total. The Morgan fingerprint density at radius 2 is 1.52 bits per heavy atom. The van der Waals surface area contributed by atoms with Gasteiger partial charge < -0.3 is 10.2 Å². The molecule has 3 heteroatoms. The van der Waals surface area contributed by atoms with Crippen LogP contribution in [0.25, 0.3) is 0 Å². The Hall–Kier alpha value is -0.410. The lowest BCUT2D eigenvalue weighted by atomic mass is 9.29. The van der Waals surface area contributed by atoms with Crippen LogP contribution < -0.4 is 0 Å². The van der Waals surface area contributed by atoms with Gasteiger partial charge in [0.05, 0.1) is 6.10 Å². The number of carbonyl (C=O) groups is 1. The monoisotopic (exact) mass is 458 g/mol. The van der Waals surface area contributed by atoms with Gasteiger partial charge in [0.15, 0.2) is 0 Å². The zero-order valence-corrected chi connectivity index (χ0v) is 22.5. The van der Waals surface area contributed by atoms with Crippen LogP contribution in [0.2, 0.25) is 0 Å². The number of Topliss-reactive ketones (excluding diaryl/α,β-unsaturated/α-hetero) is 1. The lowest BCUT2D eigenvalue weighted by Crippen LogP contribution is -2.71. The standard InChI is InChI=1S/C30H50O3/c1-19-20(32)8-9-21-27(19,4)11-10-22-28(21,5)14-15-29(6)23-16-25(2,18-31)12-13-26(23,3)17-24(33)30(22,29)7/h19,21-24,31,33H,8-18H2,1-7H3. The minimum atomic E-state index is -0.265. The molecule has 0 bridgehead atoms. The van der Waals surface area contributed by atoms with Crippen molar-refractivity contribution in [1.29, 1.82) is 0 Å². The van der Waals surface area contributed by atoms with E-state index in [0.29, 0.717) is 23.5 Å². The minimum absolute atomic E-state index is 0.0153. The fraction of sp³-hybridized carbons (Fsp3) is 0.967. The van der Waals surface area contributed by atoms with Gasteiger partial charge in [-0.2, -0.15) is 0 Å². The Morgan fingerprint density at radius 1 is 0.818 bits per heavy atom. The number of hydrogen-bond donors (Lipinski definition) is 2. The second-order valence-electron chi connectivity index (χ2n) is 15.2. The molecule has 0 saturated heterocycles. The predicted molar refractivity (Wildman–Crippen MR) is 133 cm³/mol. The smallest absolute Gasteiger partial charge is 0.136 e. The number of aliphatic hydroxyl groups excluding tert-OH is 2. The molecule has 0 heterocycles. The van der Waals surface area contributed by atoms with Gasteiger partial charge in [-0.25, -0.2) is 0 Å². The second kappa shape index (κ2) is 7.09. The first kappa shape index (κ1) is 24.3. The van der Waals surface area contributed by atoms with Gasteiger partial charge in [0.2, 0.25) is 0 Å². The largest absolute Gasteiger partial charge is 0.396 e. The van der Waals surface area contributed by atoms with Crippen LogP contribution in [0.15, 0.2) is 0 Å². The molecule has 0 aromatic carbocycles. The first-order chi connectivity index (χ1) is 15.2. The Morgan fingerprint density at radius 3 is 2.18 bits per heavy atom. The predicted octanol–water partition coefficient (Wildman–Crippen LogP) is 6.40. The van der Waals surface area contributed by atoms with Crippen LogP contribution in [0, 0.1) is 56.2 Å². The van der Waals surface area contributed by atoms with Crippen molar-refractivity contribution in [3.8, 4) is 0 Å². The highest BCUT2D eigenvalue weighted by Crippen LogP contribution is 2.78. The van der Waals surface area contributed by atoms with Crippen LogP contribution in [0.4, 0.5) is 0 Å². The molecule has 33 heavy (non-hydrogen) atoms. The molecule has 0 amide bonds. The third-order valence-electron chi connectivity index (χ3n) is 14.0. The van der Waals surface area contributed by atoms with Crippen molar-refractivity contribution in [2.24, 2.45) is 56.2 Å². The van der Waals surface area contributed by atoms with Crippen molar-refractivity contribution in [3.63, 3.8) is 0 Å². The summed E-state index contributed by atoms with van der Waals surface area (Å²) in [6.07, 6.45) is 10.4. The van der Waals surface area contributed by atoms with Crippen LogP contribution in [0.5, 0.6) is 0 Å². The lowest BCUT2D eigenvalue weighted by Gasteiger charge is -2.75. The van der Waals surface area contributed by atoms with Crippen molar-refractivity contribution < 1.29 is 15.0 Å². The van der Waals surface area contributed by atoms with Crippen molar-refractivity contribution in [2.75, 3.05) is 6.61 Å². The molecule has 11 unspecified atom stereocenters. The SMILES string of the molecule is CC1C(=O)CCC2C1(C)CCC1C2(C)CCC2(C)C3CC(C)(CO)CCC3(C)CC(O)C12C. The number of carbonyl (C=O) groups excluding carboxylic acids is 1. The normalized spacial score (nSPS) is 60.9. The van der Waals surface area contributed by atoms with Crippen molar-refractivity contribution in [3.05, 3.63) is 0 Å². The van der Waals surface area contributed by atoms with E-state index in [1.54, 1.807) is 0 Å². The molecule has 0 aliphatic heterocycles. The summed E-state index contributed by atoms with van der Waals surface area (Å²) < 4.78 is 0. The molecule has 188 valence electrons. The Balaban J connectivity index is 1.58. The van der Waals surface area contributed by atoms with Crippen LogP contribution in [-0.2, 0) is 4.79 Å². The second-order valence-corrected chi connectivity index (χ2v) is 15.2. The molecule has 5 aliphatic carbocycles. The first-order valence-electron chi connectivity index (χ1n) is 14.0. The number of rotatable bonds is 1. The topological polar surface area (TPSA) is 57.5 Å². The van der Waals surface area contributed by atoms with Gasteiger partial charge in [-0.1, -0.05) is 48.5 Å². The maximum atomic E-state index is 12.7. The van der Waals surface area contributed by atoms with E-state index in [1.165, 1.54) is 12.8 Å². The van der Waals surface area contributed by atoms with E-state index in [0.717, 1.165) is 51.4 Å². The van der Waals surface area contributed by atoms with E-state index in [1.807, 2.05) is 0 Å². The van der Waals surface area contributed by atoms with Crippen molar-refractivity contribution in [2.45, 2.75) is 119 Å². The van der Waals surface area contributed by atoms with E-state index >= 15 is 0 Å². The van der Waals surface area contributed by atoms with Crippen LogP contribution in [0.3, 0.4) is 0 Å². The zero-order valence-electron chi connectivity index (χ0n) is 22.5. The van der Waals surface area contributed by atoms with E-state index in [9.17, 15) is 15.0 Å². The van der Waals surface area contributed by atoms with Crippen LogP contribution >= 0.6 is 0 Å². The third kappa shape index (κ3) is 2.85. The molecule has 5 fully saturated rings. The number of aliphatic hydroxyl groups is 2. The number of ketones is 1. The Labute approximate surface area is 202 Å². The summed E-state index contributed by atoms with van der Waals surface area (Å²) in [7, 11) is 0. The molecule has 5 aliphatic rings. The number of hydrogen-bond acceptors (Lipinski definition) is 3. The van der Waals surface area contributed by atoms with Crippen LogP contribution in [-0.4, -0.2) is 28.7 Å².